The fourth-order valence-corrected chi connectivity index (χ4v) is 2.85. The van der Waals surface area contributed by atoms with Crippen molar-refractivity contribution in [2.24, 2.45) is 5.10 Å². The third-order valence-corrected chi connectivity index (χ3v) is 4.59. The van der Waals surface area contributed by atoms with Gasteiger partial charge in [0.25, 0.3) is 0 Å². The maximum atomic E-state index is 10.6. The molecule has 0 saturated carbocycles. The zero-order valence-electron chi connectivity index (χ0n) is 14.9. The van der Waals surface area contributed by atoms with E-state index < -0.39 is 10.1 Å². The largest absolute Gasteiger partial charge is 0.748 e. The van der Waals surface area contributed by atoms with Gasteiger partial charge in [0, 0.05) is 36.9 Å². The molecule has 2 aromatic rings. The lowest BCUT2D eigenvalue weighted by atomic mass is 10.3. The van der Waals surface area contributed by atoms with E-state index >= 15 is 0 Å². The van der Waals surface area contributed by atoms with Crippen molar-refractivity contribution in [1.29, 1.82) is 0 Å². The molecule has 7 nitrogen and oxygen atoms in total. The molecular weight excluding hydrogens is 354 g/mol. The Morgan fingerprint density at radius 3 is 2.38 bits per heavy atom. The summed E-state index contributed by atoms with van der Waals surface area (Å²) in [4.78, 5) is 0. The number of pyridine rings is 1. The van der Waals surface area contributed by atoms with E-state index in [0.29, 0.717) is 19.4 Å². The average molecular weight is 377 g/mol. The van der Waals surface area contributed by atoms with Crippen LogP contribution in [0.1, 0.15) is 18.4 Å². The van der Waals surface area contributed by atoms with E-state index in [-0.39, 0.29) is 5.75 Å². The van der Waals surface area contributed by atoms with Crippen molar-refractivity contribution in [1.82, 2.24) is 0 Å². The predicted octanol–water partition coefficient (Wildman–Crippen LogP) is 1.78. The minimum Gasteiger partial charge on any atom is -0.748 e. The van der Waals surface area contributed by atoms with Crippen LogP contribution in [0.15, 0.2) is 53.9 Å². The van der Waals surface area contributed by atoms with Gasteiger partial charge in [-0.05, 0) is 30.7 Å². The number of unbranched alkanes of at least 4 members (excludes halogenated alkanes) is 1. The summed E-state index contributed by atoms with van der Waals surface area (Å²) in [7, 11) is -0.620. The van der Waals surface area contributed by atoms with Gasteiger partial charge in [-0.15, -0.1) is 0 Å². The highest BCUT2D eigenvalue weighted by atomic mass is 32.2. The average Bonchev–Trinajstić information content (AvgIpc) is 2.63. The molecule has 1 aromatic heterocycles. The van der Waals surface area contributed by atoms with E-state index in [1.54, 1.807) is 18.3 Å². The van der Waals surface area contributed by atoms with Crippen LogP contribution in [0.2, 0.25) is 0 Å². The van der Waals surface area contributed by atoms with Gasteiger partial charge >= 0.3 is 0 Å². The first-order valence-corrected chi connectivity index (χ1v) is 9.79. The Kier molecular flexibility index (Phi) is 7.11. The molecule has 0 amide bonds. The van der Waals surface area contributed by atoms with Crippen LogP contribution in [0.5, 0.6) is 5.75 Å². The Bertz CT molecular complexity index is 819. The van der Waals surface area contributed by atoms with Crippen LogP contribution in [-0.2, 0) is 16.7 Å². The maximum absolute atomic E-state index is 10.6. The number of ether oxygens (including phenoxy) is 1. The first-order chi connectivity index (χ1) is 12.4. The fraction of sp³-hybridized carbons (Fsp3) is 0.333. The van der Waals surface area contributed by atoms with E-state index in [1.807, 2.05) is 60.4 Å². The van der Waals surface area contributed by atoms with Gasteiger partial charge in [0.05, 0.1) is 29.1 Å². The van der Waals surface area contributed by atoms with Crippen molar-refractivity contribution in [3.05, 3.63) is 54.4 Å². The Hall–Kier alpha value is -2.45. The molecule has 0 bridgehead atoms. The SMILES string of the molecule is COc1ccc(N(C)/N=C/c2cc[n+](CCCCS(=O)(=O)[O-])cc2)cc1. The van der Waals surface area contributed by atoms with Crippen LogP contribution >= 0.6 is 0 Å². The van der Waals surface area contributed by atoms with Gasteiger partial charge in [0.1, 0.15) is 12.3 Å². The molecule has 1 heterocycles. The summed E-state index contributed by atoms with van der Waals surface area (Å²) >= 11 is 0. The molecule has 0 unspecified atom stereocenters. The number of benzene rings is 1. The van der Waals surface area contributed by atoms with Gasteiger partial charge in [-0.2, -0.15) is 5.10 Å². The lowest BCUT2D eigenvalue weighted by molar-refractivity contribution is -0.697. The monoisotopic (exact) mass is 377 g/mol. The summed E-state index contributed by atoms with van der Waals surface area (Å²) in [6.07, 6.45) is 6.58. The number of anilines is 1. The summed E-state index contributed by atoms with van der Waals surface area (Å²) < 4.78 is 38.8. The first kappa shape index (κ1) is 19.9. The molecule has 0 N–H and O–H groups in total. The molecule has 140 valence electrons. The molecule has 0 saturated heterocycles. The van der Waals surface area contributed by atoms with Crippen LogP contribution in [-0.4, -0.2) is 39.1 Å². The molecule has 8 heteroatoms. The number of hydrogen-bond donors (Lipinski definition) is 0. The Morgan fingerprint density at radius 1 is 1.15 bits per heavy atom. The molecule has 0 radical (unpaired) electrons. The minimum absolute atomic E-state index is 0.310. The van der Waals surface area contributed by atoms with Gasteiger partial charge in [-0.25, -0.2) is 13.0 Å². The lowest BCUT2D eigenvalue weighted by Crippen LogP contribution is -2.32. The lowest BCUT2D eigenvalue weighted by Gasteiger charge is -2.13. The summed E-state index contributed by atoms with van der Waals surface area (Å²) in [5, 5.41) is 6.18. The summed E-state index contributed by atoms with van der Waals surface area (Å²) in [6, 6.07) is 11.5. The number of aryl methyl sites for hydroxylation is 1. The molecule has 2 rings (SSSR count). The first-order valence-electron chi connectivity index (χ1n) is 8.22. The number of hydrogen-bond acceptors (Lipinski definition) is 6. The van der Waals surface area contributed by atoms with E-state index in [0.717, 1.165) is 17.0 Å². The van der Waals surface area contributed by atoms with E-state index in [4.69, 9.17) is 4.74 Å². The highest BCUT2D eigenvalue weighted by Gasteiger charge is 2.03. The highest BCUT2D eigenvalue weighted by molar-refractivity contribution is 7.85. The van der Waals surface area contributed by atoms with Gasteiger partial charge in [0.2, 0.25) is 0 Å². The molecule has 0 spiro atoms. The quantitative estimate of drug-likeness (QED) is 0.219. The number of aromatic nitrogens is 1. The third-order valence-electron chi connectivity index (χ3n) is 3.80. The van der Waals surface area contributed by atoms with Gasteiger partial charge in [-0.3, -0.25) is 5.01 Å². The molecule has 0 fully saturated rings. The molecular formula is C18H23N3O4S. The van der Waals surface area contributed by atoms with Crippen LogP contribution in [0.3, 0.4) is 0 Å². The summed E-state index contributed by atoms with van der Waals surface area (Å²) in [5.74, 6) is 0.488. The van der Waals surface area contributed by atoms with Gasteiger partial charge in [-0.1, -0.05) is 0 Å². The normalized spacial score (nSPS) is 11.7. The molecule has 1 aromatic carbocycles. The van der Waals surface area contributed by atoms with E-state index in [1.165, 1.54) is 0 Å². The van der Waals surface area contributed by atoms with Crippen molar-refractivity contribution in [2.75, 3.05) is 24.9 Å². The minimum atomic E-state index is -4.12. The number of nitrogens with zero attached hydrogens (tertiary/aromatic N) is 3. The summed E-state index contributed by atoms with van der Waals surface area (Å²) in [5.41, 5.74) is 1.89. The predicted molar refractivity (Wildman–Crippen MR) is 99.4 cm³/mol. The van der Waals surface area contributed by atoms with Crippen molar-refractivity contribution in [3.63, 3.8) is 0 Å². The van der Waals surface area contributed by atoms with Crippen LogP contribution in [0, 0.1) is 0 Å². The van der Waals surface area contributed by atoms with Crippen LogP contribution < -0.4 is 14.3 Å². The van der Waals surface area contributed by atoms with Crippen molar-refractivity contribution < 1.29 is 22.3 Å². The number of hydrazone groups is 1. The zero-order valence-corrected chi connectivity index (χ0v) is 15.7. The maximum Gasteiger partial charge on any atom is 0.169 e. The summed E-state index contributed by atoms with van der Waals surface area (Å²) in [6.45, 7) is 0.665. The molecule has 0 aliphatic carbocycles. The van der Waals surface area contributed by atoms with Crippen LogP contribution in [0.4, 0.5) is 5.69 Å². The van der Waals surface area contributed by atoms with Crippen LogP contribution in [0.25, 0.3) is 0 Å². The smallest absolute Gasteiger partial charge is 0.169 e. The van der Waals surface area contributed by atoms with Gasteiger partial charge in [0.15, 0.2) is 12.4 Å². The Balaban J connectivity index is 1.86. The van der Waals surface area contributed by atoms with Gasteiger partial charge < -0.3 is 9.29 Å². The molecule has 0 aliphatic heterocycles. The molecule has 0 aliphatic rings. The second kappa shape index (κ2) is 9.30. The number of methoxy groups -OCH3 is 1. The standard InChI is InChI=1S/C18H23N3O4S/c1-20(17-5-7-18(25-2)8-6-17)19-15-16-9-12-21(13-10-16)11-3-4-14-26(22,23)24/h5-10,12-13,15H,3-4,11,14H2,1-2H3. The van der Waals surface area contributed by atoms with Crippen molar-refractivity contribution in [2.45, 2.75) is 19.4 Å². The van der Waals surface area contributed by atoms with Crippen molar-refractivity contribution >= 4 is 22.0 Å². The second-order valence-corrected chi connectivity index (χ2v) is 7.33. The number of rotatable bonds is 9. The fourth-order valence-electron chi connectivity index (χ4n) is 2.30. The topological polar surface area (TPSA) is 85.9 Å². The third kappa shape index (κ3) is 6.81. The molecule has 26 heavy (non-hydrogen) atoms. The van der Waals surface area contributed by atoms with E-state index in [2.05, 4.69) is 5.10 Å². The zero-order chi connectivity index (χ0) is 19.0. The van der Waals surface area contributed by atoms with Crippen molar-refractivity contribution in [3.8, 4) is 5.75 Å². The highest BCUT2D eigenvalue weighted by Crippen LogP contribution is 2.18. The second-order valence-electron chi connectivity index (χ2n) is 5.80. The Labute approximate surface area is 154 Å². The van der Waals surface area contributed by atoms with E-state index in [9.17, 15) is 13.0 Å². The molecule has 0 atom stereocenters. The Morgan fingerprint density at radius 2 is 1.81 bits per heavy atom.